The van der Waals surface area contributed by atoms with Gasteiger partial charge in [-0.15, -0.1) is 0 Å². The molecule has 1 aliphatic carbocycles. The van der Waals surface area contributed by atoms with E-state index >= 15 is 0 Å². The molecule has 2 aromatic carbocycles. The van der Waals surface area contributed by atoms with Crippen LogP contribution in [0.2, 0.25) is 0 Å². The number of amides is 1. The number of benzene rings is 2. The number of hydrogen-bond donors (Lipinski definition) is 2. The van der Waals surface area contributed by atoms with Gasteiger partial charge in [-0.05, 0) is 54.7 Å². The predicted molar refractivity (Wildman–Crippen MR) is 110 cm³/mol. The largest absolute Gasteiger partial charge is 0.341 e. The molecule has 2 saturated heterocycles. The number of carbonyl (C=O) groups is 1. The molecular formula is C21H25N3O3S. The summed E-state index contributed by atoms with van der Waals surface area (Å²) in [5, 5.41) is 4.68. The Hall–Kier alpha value is -2.12. The van der Waals surface area contributed by atoms with Crippen LogP contribution in [-0.2, 0) is 27.7 Å². The third-order valence-electron chi connectivity index (χ3n) is 6.37. The number of aryl methyl sites for hydroxylation is 2. The SMILES string of the molecule is O=C(C1CC(S(=O)(=O)Nc2ccc3c4c(cccc24)CC3)CN1)N1CCCC1. The zero-order valence-corrected chi connectivity index (χ0v) is 16.6. The Bertz CT molecular complexity index is 1030. The van der Waals surface area contributed by atoms with E-state index in [0.29, 0.717) is 18.7 Å². The van der Waals surface area contributed by atoms with Crippen molar-refractivity contribution in [3.8, 4) is 0 Å². The minimum Gasteiger partial charge on any atom is -0.341 e. The van der Waals surface area contributed by atoms with E-state index in [4.69, 9.17) is 0 Å². The molecule has 2 aliphatic heterocycles. The third-order valence-corrected chi connectivity index (χ3v) is 8.12. The average molecular weight is 400 g/mol. The first kappa shape index (κ1) is 17.9. The number of anilines is 1. The minimum absolute atomic E-state index is 0.0422. The lowest BCUT2D eigenvalue weighted by molar-refractivity contribution is -0.131. The zero-order valence-electron chi connectivity index (χ0n) is 15.8. The normalized spacial score (nSPS) is 24.2. The maximum absolute atomic E-state index is 13.0. The lowest BCUT2D eigenvalue weighted by atomic mass is 10.0. The second kappa shape index (κ2) is 6.74. The summed E-state index contributed by atoms with van der Waals surface area (Å²) in [4.78, 5) is 14.4. The molecule has 2 atom stereocenters. The smallest absolute Gasteiger partial charge is 0.239 e. The summed E-state index contributed by atoms with van der Waals surface area (Å²) in [5.74, 6) is 0.0422. The summed E-state index contributed by atoms with van der Waals surface area (Å²) in [5.41, 5.74) is 3.21. The molecule has 0 bridgehead atoms. The fourth-order valence-corrected chi connectivity index (χ4v) is 6.27. The first-order valence-corrected chi connectivity index (χ1v) is 11.6. The highest BCUT2D eigenvalue weighted by molar-refractivity contribution is 7.93. The van der Waals surface area contributed by atoms with Crippen LogP contribution < -0.4 is 10.0 Å². The topological polar surface area (TPSA) is 78.5 Å². The number of rotatable bonds is 4. The van der Waals surface area contributed by atoms with Crippen LogP contribution in [0.5, 0.6) is 0 Å². The van der Waals surface area contributed by atoms with Gasteiger partial charge in [-0.3, -0.25) is 9.52 Å². The molecule has 3 aliphatic rings. The van der Waals surface area contributed by atoms with Crippen LogP contribution in [-0.4, -0.2) is 50.2 Å². The van der Waals surface area contributed by atoms with Crippen molar-refractivity contribution in [2.45, 2.75) is 43.4 Å². The number of nitrogens with one attached hydrogen (secondary N) is 2. The lowest BCUT2D eigenvalue weighted by Crippen LogP contribution is -2.42. The molecule has 148 valence electrons. The number of nitrogens with zero attached hydrogens (tertiary/aromatic N) is 1. The van der Waals surface area contributed by atoms with E-state index in [0.717, 1.165) is 44.2 Å². The Kier molecular flexibility index (Phi) is 4.32. The predicted octanol–water partition coefficient (Wildman–Crippen LogP) is 2.03. The summed E-state index contributed by atoms with van der Waals surface area (Å²) in [7, 11) is -3.58. The summed E-state index contributed by atoms with van der Waals surface area (Å²) >= 11 is 0. The van der Waals surface area contributed by atoms with Crippen molar-refractivity contribution < 1.29 is 13.2 Å². The van der Waals surface area contributed by atoms with Crippen molar-refractivity contribution in [3.05, 3.63) is 41.5 Å². The van der Waals surface area contributed by atoms with E-state index < -0.39 is 21.3 Å². The van der Waals surface area contributed by atoms with Crippen LogP contribution >= 0.6 is 0 Å². The second-order valence-corrected chi connectivity index (χ2v) is 10.1. The van der Waals surface area contributed by atoms with Crippen molar-refractivity contribution in [2.75, 3.05) is 24.4 Å². The van der Waals surface area contributed by atoms with Crippen molar-refractivity contribution >= 4 is 32.4 Å². The molecule has 2 heterocycles. The molecule has 0 radical (unpaired) electrons. The van der Waals surface area contributed by atoms with Gasteiger partial charge in [0, 0.05) is 25.0 Å². The summed E-state index contributed by atoms with van der Waals surface area (Å²) in [6, 6.07) is 9.60. The van der Waals surface area contributed by atoms with Gasteiger partial charge in [-0.2, -0.15) is 0 Å². The van der Waals surface area contributed by atoms with E-state index in [1.165, 1.54) is 16.5 Å². The van der Waals surface area contributed by atoms with Gasteiger partial charge in [0.1, 0.15) is 0 Å². The number of likely N-dealkylation sites (tertiary alicyclic amines) is 1. The van der Waals surface area contributed by atoms with Gasteiger partial charge in [0.15, 0.2) is 0 Å². The minimum atomic E-state index is -3.58. The zero-order chi connectivity index (χ0) is 19.3. The standard InChI is InChI=1S/C21H25N3O3S/c25-21(24-10-1-2-11-24)19-12-16(13-22-19)28(26,27)23-18-9-8-15-7-6-14-4-3-5-17(18)20(14)15/h3-5,8-9,16,19,22-23H,1-2,6-7,10-13H2. The van der Waals surface area contributed by atoms with Crippen LogP contribution in [0.3, 0.4) is 0 Å². The maximum Gasteiger partial charge on any atom is 0.239 e. The fourth-order valence-electron chi connectivity index (χ4n) is 4.86. The first-order chi connectivity index (χ1) is 13.5. The second-order valence-electron chi connectivity index (χ2n) is 8.11. The molecule has 0 spiro atoms. The molecule has 0 aromatic heterocycles. The van der Waals surface area contributed by atoms with E-state index in [1.54, 1.807) is 0 Å². The van der Waals surface area contributed by atoms with Crippen LogP contribution in [0.15, 0.2) is 30.3 Å². The lowest BCUT2D eigenvalue weighted by Gasteiger charge is -2.20. The average Bonchev–Trinajstić information content (AvgIpc) is 3.45. The van der Waals surface area contributed by atoms with Gasteiger partial charge in [-0.1, -0.05) is 24.3 Å². The summed E-state index contributed by atoms with van der Waals surface area (Å²) < 4.78 is 28.9. The highest BCUT2D eigenvalue weighted by atomic mass is 32.2. The van der Waals surface area contributed by atoms with Gasteiger partial charge in [-0.25, -0.2) is 8.42 Å². The Morgan fingerprint density at radius 3 is 2.61 bits per heavy atom. The van der Waals surface area contributed by atoms with E-state index in [2.05, 4.69) is 16.1 Å². The van der Waals surface area contributed by atoms with Crippen LogP contribution in [0.25, 0.3) is 10.8 Å². The highest BCUT2D eigenvalue weighted by Crippen LogP contribution is 2.35. The van der Waals surface area contributed by atoms with E-state index in [1.807, 2.05) is 29.2 Å². The van der Waals surface area contributed by atoms with Gasteiger partial charge >= 0.3 is 0 Å². The molecule has 2 unspecified atom stereocenters. The van der Waals surface area contributed by atoms with Gasteiger partial charge in [0.25, 0.3) is 0 Å². The Morgan fingerprint density at radius 1 is 1.07 bits per heavy atom. The molecule has 1 amide bonds. The molecule has 2 N–H and O–H groups in total. The molecule has 6 nitrogen and oxygen atoms in total. The number of carbonyl (C=O) groups excluding carboxylic acids is 1. The van der Waals surface area contributed by atoms with Crippen molar-refractivity contribution in [3.63, 3.8) is 0 Å². The van der Waals surface area contributed by atoms with Crippen LogP contribution in [0, 0.1) is 0 Å². The number of sulfonamides is 1. The molecule has 2 aromatic rings. The first-order valence-electron chi connectivity index (χ1n) is 10.1. The Balaban J connectivity index is 1.36. The van der Waals surface area contributed by atoms with E-state index in [-0.39, 0.29) is 5.91 Å². The fraction of sp³-hybridized carbons (Fsp3) is 0.476. The molecule has 5 rings (SSSR count). The van der Waals surface area contributed by atoms with Crippen molar-refractivity contribution in [1.29, 1.82) is 0 Å². The summed E-state index contributed by atoms with van der Waals surface area (Å²) in [6.45, 7) is 1.88. The molecule has 0 saturated carbocycles. The van der Waals surface area contributed by atoms with Crippen LogP contribution in [0.4, 0.5) is 5.69 Å². The monoisotopic (exact) mass is 399 g/mol. The molecule has 2 fully saturated rings. The van der Waals surface area contributed by atoms with Gasteiger partial charge in [0.2, 0.25) is 15.9 Å². The Labute approximate surface area is 165 Å². The quantitative estimate of drug-likeness (QED) is 0.825. The molecular weight excluding hydrogens is 374 g/mol. The van der Waals surface area contributed by atoms with Crippen molar-refractivity contribution in [2.24, 2.45) is 0 Å². The van der Waals surface area contributed by atoms with E-state index in [9.17, 15) is 13.2 Å². The molecule has 28 heavy (non-hydrogen) atoms. The van der Waals surface area contributed by atoms with Crippen molar-refractivity contribution in [1.82, 2.24) is 10.2 Å². The number of hydrogen-bond acceptors (Lipinski definition) is 4. The summed E-state index contributed by atoms with van der Waals surface area (Å²) in [6.07, 6.45) is 4.41. The highest BCUT2D eigenvalue weighted by Gasteiger charge is 2.39. The van der Waals surface area contributed by atoms with Gasteiger partial charge in [0.05, 0.1) is 17.0 Å². The van der Waals surface area contributed by atoms with Crippen LogP contribution in [0.1, 0.15) is 30.4 Å². The molecule has 7 heteroatoms. The third kappa shape index (κ3) is 2.97. The maximum atomic E-state index is 13.0. The Morgan fingerprint density at radius 2 is 1.82 bits per heavy atom. The van der Waals surface area contributed by atoms with Gasteiger partial charge < -0.3 is 10.2 Å².